The highest BCUT2D eigenvalue weighted by Gasteiger charge is 2.12. The van der Waals surface area contributed by atoms with Gasteiger partial charge in [-0.3, -0.25) is 0 Å². The van der Waals surface area contributed by atoms with Crippen molar-refractivity contribution in [3.05, 3.63) is 24.8 Å². The molecule has 0 spiro atoms. The average molecular weight is 273 g/mol. The molecule has 0 fully saturated rings. The Kier molecular flexibility index (Phi) is 3.23. The largest absolute Gasteiger partial charge is 0.354 e. The molecule has 0 radical (unpaired) electrons. The Bertz CT molecular complexity index is 682. The van der Waals surface area contributed by atoms with Gasteiger partial charge in [0.25, 0.3) is 0 Å². The van der Waals surface area contributed by atoms with E-state index in [1.165, 1.54) is 11.8 Å². The molecule has 0 aliphatic rings. The minimum absolute atomic E-state index is 0.556. The predicted octanol–water partition coefficient (Wildman–Crippen LogP) is 1.73. The van der Waals surface area contributed by atoms with Crippen LogP contribution in [-0.4, -0.2) is 36.4 Å². The van der Waals surface area contributed by atoms with Gasteiger partial charge >= 0.3 is 0 Å². The molecule has 8 heteroatoms. The van der Waals surface area contributed by atoms with Crippen LogP contribution in [0.2, 0.25) is 0 Å². The van der Waals surface area contributed by atoms with Crippen molar-refractivity contribution in [1.29, 1.82) is 0 Å². The van der Waals surface area contributed by atoms with E-state index in [1.807, 2.05) is 6.92 Å². The summed E-state index contributed by atoms with van der Waals surface area (Å²) in [6.45, 7) is 2.74. The van der Waals surface area contributed by atoms with Crippen LogP contribution in [0.4, 0.5) is 5.95 Å². The van der Waals surface area contributed by atoms with E-state index < -0.39 is 0 Å². The van der Waals surface area contributed by atoms with E-state index in [0.717, 1.165) is 17.1 Å². The van der Waals surface area contributed by atoms with Crippen molar-refractivity contribution in [1.82, 2.24) is 29.9 Å². The first kappa shape index (κ1) is 11.8. The van der Waals surface area contributed by atoms with E-state index in [9.17, 15) is 0 Å². The van der Waals surface area contributed by atoms with Gasteiger partial charge in [0.05, 0.1) is 6.33 Å². The van der Waals surface area contributed by atoms with Crippen molar-refractivity contribution >= 4 is 28.9 Å². The number of rotatable bonds is 4. The highest BCUT2D eigenvalue weighted by molar-refractivity contribution is 7.99. The normalized spacial score (nSPS) is 10.8. The van der Waals surface area contributed by atoms with Crippen molar-refractivity contribution in [2.75, 3.05) is 11.9 Å². The maximum absolute atomic E-state index is 4.45. The summed E-state index contributed by atoms with van der Waals surface area (Å²) >= 11 is 1.38. The Morgan fingerprint density at radius 1 is 1.21 bits per heavy atom. The molecule has 3 aromatic heterocycles. The molecule has 3 rings (SSSR count). The lowest BCUT2D eigenvalue weighted by Gasteiger charge is -2.04. The summed E-state index contributed by atoms with van der Waals surface area (Å²) in [6.07, 6.45) is 5.00. The third kappa shape index (κ3) is 2.48. The van der Waals surface area contributed by atoms with Gasteiger partial charge in [-0.2, -0.15) is 4.98 Å². The average Bonchev–Trinajstić information content (AvgIpc) is 2.89. The van der Waals surface area contributed by atoms with Crippen LogP contribution in [0.15, 0.2) is 35.0 Å². The molecule has 19 heavy (non-hydrogen) atoms. The standard InChI is InChI=1S/C11H11N7S/c1-2-12-10-17-8-7(15-6-16-8)9(18-10)19-11-13-4-3-5-14-11/h3-6H,2H2,1H3,(H2,12,15,16,17,18). The van der Waals surface area contributed by atoms with Gasteiger partial charge in [0, 0.05) is 18.9 Å². The molecule has 0 amide bonds. The lowest BCUT2D eigenvalue weighted by molar-refractivity contribution is 0.958. The molecule has 0 aliphatic carbocycles. The lowest BCUT2D eigenvalue weighted by Crippen LogP contribution is -2.03. The SMILES string of the molecule is CCNc1nc(Sc2ncccn2)c2[nH]cnc2n1. The molecule has 0 unspecified atom stereocenters. The number of nitrogens with zero attached hydrogens (tertiary/aromatic N) is 5. The summed E-state index contributed by atoms with van der Waals surface area (Å²) < 4.78 is 0. The van der Waals surface area contributed by atoms with Gasteiger partial charge in [-0.05, 0) is 24.8 Å². The predicted molar refractivity (Wildman–Crippen MR) is 72.0 cm³/mol. The second-order valence-electron chi connectivity index (χ2n) is 3.62. The molecule has 0 bridgehead atoms. The third-order valence-electron chi connectivity index (χ3n) is 2.32. The topological polar surface area (TPSA) is 92.3 Å². The molecule has 0 aromatic carbocycles. The van der Waals surface area contributed by atoms with Crippen LogP contribution >= 0.6 is 11.8 Å². The van der Waals surface area contributed by atoms with E-state index in [0.29, 0.717) is 16.8 Å². The van der Waals surface area contributed by atoms with Crippen molar-refractivity contribution in [3.63, 3.8) is 0 Å². The molecule has 0 saturated heterocycles. The van der Waals surface area contributed by atoms with Gasteiger partial charge in [0.1, 0.15) is 10.5 Å². The summed E-state index contributed by atoms with van der Waals surface area (Å²) in [7, 11) is 0. The fraction of sp³-hybridized carbons (Fsp3) is 0.182. The number of aromatic amines is 1. The number of imidazole rings is 1. The first-order valence-corrected chi connectivity index (χ1v) is 6.58. The van der Waals surface area contributed by atoms with E-state index in [1.54, 1.807) is 24.8 Å². The fourth-order valence-electron chi connectivity index (χ4n) is 1.54. The summed E-state index contributed by atoms with van der Waals surface area (Å²) in [5, 5.41) is 4.48. The summed E-state index contributed by atoms with van der Waals surface area (Å²) in [5.41, 5.74) is 1.42. The molecule has 0 atom stereocenters. The number of anilines is 1. The van der Waals surface area contributed by atoms with Crippen molar-refractivity contribution < 1.29 is 0 Å². The van der Waals surface area contributed by atoms with E-state index in [-0.39, 0.29) is 0 Å². The lowest BCUT2D eigenvalue weighted by atomic mass is 10.5. The van der Waals surface area contributed by atoms with Crippen LogP contribution < -0.4 is 5.32 Å². The van der Waals surface area contributed by atoms with Crippen LogP contribution in [0.5, 0.6) is 0 Å². The minimum atomic E-state index is 0.556. The second-order valence-corrected chi connectivity index (χ2v) is 4.57. The Morgan fingerprint density at radius 3 is 2.84 bits per heavy atom. The first-order valence-electron chi connectivity index (χ1n) is 5.76. The zero-order chi connectivity index (χ0) is 13.1. The Hall–Kier alpha value is -2.22. The highest BCUT2D eigenvalue weighted by Crippen LogP contribution is 2.28. The van der Waals surface area contributed by atoms with Gasteiger partial charge in [-0.15, -0.1) is 0 Å². The zero-order valence-electron chi connectivity index (χ0n) is 10.2. The number of hydrogen-bond donors (Lipinski definition) is 2. The van der Waals surface area contributed by atoms with E-state index in [2.05, 4.69) is 35.2 Å². The molecule has 96 valence electrons. The quantitative estimate of drug-likeness (QED) is 0.552. The Labute approximate surface area is 113 Å². The molecular formula is C11H11N7S. The van der Waals surface area contributed by atoms with E-state index in [4.69, 9.17) is 0 Å². The van der Waals surface area contributed by atoms with Gasteiger partial charge in [-0.1, -0.05) is 0 Å². The molecule has 3 heterocycles. The van der Waals surface area contributed by atoms with Crippen molar-refractivity contribution in [2.24, 2.45) is 0 Å². The number of fused-ring (bicyclic) bond motifs is 1. The molecule has 0 saturated carbocycles. The van der Waals surface area contributed by atoms with Crippen LogP contribution in [-0.2, 0) is 0 Å². The van der Waals surface area contributed by atoms with Crippen LogP contribution in [0.3, 0.4) is 0 Å². The molecule has 2 N–H and O–H groups in total. The third-order valence-corrected chi connectivity index (χ3v) is 3.20. The van der Waals surface area contributed by atoms with Crippen molar-refractivity contribution in [3.8, 4) is 0 Å². The minimum Gasteiger partial charge on any atom is -0.354 e. The Morgan fingerprint density at radius 2 is 2.05 bits per heavy atom. The fourth-order valence-corrected chi connectivity index (χ4v) is 2.33. The van der Waals surface area contributed by atoms with Gasteiger partial charge < -0.3 is 10.3 Å². The molecule has 3 aromatic rings. The van der Waals surface area contributed by atoms with E-state index >= 15 is 0 Å². The zero-order valence-corrected chi connectivity index (χ0v) is 11.0. The van der Waals surface area contributed by atoms with Gasteiger partial charge in [0.15, 0.2) is 10.8 Å². The van der Waals surface area contributed by atoms with Crippen LogP contribution in [0.1, 0.15) is 6.92 Å². The van der Waals surface area contributed by atoms with Crippen LogP contribution in [0, 0.1) is 0 Å². The molecular weight excluding hydrogens is 262 g/mol. The number of nitrogens with one attached hydrogen (secondary N) is 2. The van der Waals surface area contributed by atoms with Crippen molar-refractivity contribution in [2.45, 2.75) is 17.1 Å². The highest BCUT2D eigenvalue weighted by atomic mass is 32.2. The summed E-state index contributed by atoms with van der Waals surface area (Å²) in [5.74, 6) is 0.556. The smallest absolute Gasteiger partial charge is 0.225 e. The van der Waals surface area contributed by atoms with Crippen LogP contribution in [0.25, 0.3) is 11.2 Å². The monoisotopic (exact) mass is 273 g/mol. The van der Waals surface area contributed by atoms with Gasteiger partial charge in [-0.25, -0.2) is 19.9 Å². The number of aromatic nitrogens is 6. The molecule has 0 aliphatic heterocycles. The summed E-state index contributed by atoms with van der Waals surface area (Å²) in [4.78, 5) is 24.3. The number of H-pyrrole nitrogens is 1. The molecule has 7 nitrogen and oxygen atoms in total. The Balaban J connectivity index is 2.03. The second kappa shape index (κ2) is 5.19. The van der Waals surface area contributed by atoms with Gasteiger partial charge in [0.2, 0.25) is 5.95 Å². The maximum Gasteiger partial charge on any atom is 0.225 e. The summed E-state index contributed by atoms with van der Waals surface area (Å²) in [6, 6.07) is 1.78. The first-order chi connectivity index (χ1) is 9.36. The number of hydrogen-bond acceptors (Lipinski definition) is 7. The maximum atomic E-state index is 4.45.